The summed E-state index contributed by atoms with van der Waals surface area (Å²) in [5, 5.41) is 15.5. The number of fused-ring (bicyclic) bond motifs is 2. The molecule has 3 rings (SSSR count). The molecule has 1 aromatic carbocycles. The molecule has 0 spiro atoms. The van der Waals surface area contributed by atoms with E-state index in [4.69, 9.17) is 0 Å². The number of aliphatic hydroxyl groups is 1. The number of carbonyl (C=O) groups is 1. The number of aliphatic hydroxyl groups excluding tert-OH is 1. The molecule has 0 heterocycles. The van der Waals surface area contributed by atoms with Crippen LogP contribution >= 0.6 is 0 Å². The number of nitrogens with one attached hydrogen (secondary N) is 2. The van der Waals surface area contributed by atoms with Gasteiger partial charge in [0, 0.05) is 25.1 Å². The number of rotatable bonds is 4. The number of amides is 2. The summed E-state index contributed by atoms with van der Waals surface area (Å²) in [6, 6.07) is 8.19. The maximum atomic E-state index is 12.1. The van der Waals surface area contributed by atoms with Gasteiger partial charge in [-0.05, 0) is 43.6 Å². The van der Waals surface area contributed by atoms with Crippen LogP contribution < -0.4 is 10.6 Å². The van der Waals surface area contributed by atoms with Crippen LogP contribution in [0.2, 0.25) is 0 Å². The zero-order valence-corrected chi connectivity index (χ0v) is 12.5. The molecule has 4 atom stereocenters. The van der Waals surface area contributed by atoms with E-state index in [0.29, 0.717) is 18.4 Å². The van der Waals surface area contributed by atoms with Crippen molar-refractivity contribution in [2.75, 3.05) is 6.61 Å². The maximum absolute atomic E-state index is 12.1. The van der Waals surface area contributed by atoms with Crippen molar-refractivity contribution >= 4 is 6.03 Å². The Labute approximate surface area is 125 Å². The molecule has 3 N–H and O–H groups in total. The Bertz CT molecular complexity index is 500. The van der Waals surface area contributed by atoms with Crippen molar-refractivity contribution in [3.05, 3.63) is 35.4 Å². The van der Waals surface area contributed by atoms with Crippen molar-refractivity contribution < 1.29 is 9.90 Å². The first-order valence-corrected chi connectivity index (χ1v) is 7.88. The Hall–Kier alpha value is -1.55. The third-order valence-electron chi connectivity index (χ3n) is 5.17. The van der Waals surface area contributed by atoms with E-state index in [-0.39, 0.29) is 24.6 Å². The van der Waals surface area contributed by atoms with Gasteiger partial charge in [0.1, 0.15) is 0 Å². The highest BCUT2D eigenvalue weighted by Crippen LogP contribution is 2.48. The second kappa shape index (κ2) is 6.06. The van der Waals surface area contributed by atoms with Gasteiger partial charge in [-0.2, -0.15) is 0 Å². The number of urea groups is 1. The van der Waals surface area contributed by atoms with Crippen LogP contribution in [0.1, 0.15) is 30.4 Å². The van der Waals surface area contributed by atoms with Crippen molar-refractivity contribution in [2.24, 2.45) is 17.8 Å². The largest absolute Gasteiger partial charge is 0.396 e. The minimum absolute atomic E-state index is 0.119. The lowest BCUT2D eigenvalue weighted by atomic mass is 9.85. The number of hydrogen-bond donors (Lipinski definition) is 3. The van der Waals surface area contributed by atoms with Gasteiger partial charge in [0.25, 0.3) is 0 Å². The third kappa shape index (κ3) is 3.05. The van der Waals surface area contributed by atoms with E-state index < -0.39 is 0 Å². The normalized spacial score (nSPS) is 30.4. The van der Waals surface area contributed by atoms with Gasteiger partial charge in [0.05, 0.1) is 0 Å². The summed E-state index contributed by atoms with van der Waals surface area (Å²) in [6.45, 7) is 2.77. The van der Waals surface area contributed by atoms with Crippen LogP contribution in [0.25, 0.3) is 0 Å². The number of benzene rings is 1. The summed E-state index contributed by atoms with van der Waals surface area (Å²) in [5.41, 5.74) is 2.32. The van der Waals surface area contributed by atoms with Gasteiger partial charge in [0.15, 0.2) is 0 Å². The van der Waals surface area contributed by atoms with Crippen LogP contribution in [0.3, 0.4) is 0 Å². The molecule has 4 heteroatoms. The van der Waals surface area contributed by atoms with E-state index in [1.54, 1.807) is 0 Å². The van der Waals surface area contributed by atoms with Gasteiger partial charge in [-0.25, -0.2) is 4.79 Å². The predicted octanol–water partition coefficient (Wildman–Crippen LogP) is 2.20. The highest BCUT2D eigenvalue weighted by Gasteiger charge is 2.47. The fourth-order valence-corrected chi connectivity index (χ4v) is 3.99. The summed E-state index contributed by atoms with van der Waals surface area (Å²) in [4.78, 5) is 12.1. The first-order valence-electron chi connectivity index (χ1n) is 7.88. The highest BCUT2D eigenvalue weighted by atomic mass is 16.3. The molecule has 21 heavy (non-hydrogen) atoms. The first-order chi connectivity index (χ1) is 10.2. The zero-order valence-electron chi connectivity index (χ0n) is 12.5. The van der Waals surface area contributed by atoms with Crippen LogP contribution in [-0.2, 0) is 6.54 Å². The van der Waals surface area contributed by atoms with Crippen LogP contribution in [0.4, 0.5) is 4.79 Å². The number of hydrogen-bond acceptors (Lipinski definition) is 2. The molecule has 1 aromatic rings. The van der Waals surface area contributed by atoms with E-state index in [0.717, 1.165) is 12.0 Å². The van der Waals surface area contributed by atoms with Gasteiger partial charge in [0.2, 0.25) is 0 Å². The fraction of sp³-hybridized carbons (Fsp3) is 0.588. The Kier molecular flexibility index (Phi) is 4.15. The molecule has 0 aliphatic heterocycles. The monoisotopic (exact) mass is 288 g/mol. The number of carbonyl (C=O) groups excluding carboxylic acids is 1. The van der Waals surface area contributed by atoms with E-state index in [1.807, 2.05) is 31.2 Å². The quantitative estimate of drug-likeness (QED) is 0.795. The summed E-state index contributed by atoms with van der Waals surface area (Å²) in [7, 11) is 0. The summed E-state index contributed by atoms with van der Waals surface area (Å²) in [6.07, 6.45) is 3.55. The number of aryl methyl sites for hydroxylation is 1. The van der Waals surface area contributed by atoms with Crippen molar-refractivity contribution in [3.63, 3.8) is 0 Å². The molecule has 2 amide bonds. The Balaban J connectivity index is 1.51. The van der Waals surface area contributed by atoms with Crippen molar-refractivity contribution in [1.29, 1.82) is 0 Å². The van der Waals surface area contributed by atoms with Crippen molar-refractivity contribution in [1.82, 2.24) is 10.6 Å². The van der Waals surface area contributed by atoms with Gasteiger partial charge in [-0.3, -0.25) is 0 Å². The van der Waals surface area contributed by atoms with Crippen LogP contribution in [-0.4, -0.2) is 23.8 Å². The van der Waals surface area contributed by atoms with Crippen molar-refractivity contribution in [3.8, 4) is 0 Å². The lowest BCUT2D eigenvalue weighted by Gasteiger charge is -2.30. The highest BCUT2D eigenvalue weighted by molar-refractivity contribution is 5.74. The van der Waals surface area contributed by atoms with E-state index in [9.17, 15) is 9.90 Å². The molecule has 2 saturated carbocycles. The Morgan fingerprint density at radius 3 is 2.67 bits per heavy atom. The van der Waals surface area contributed by atoms with Crippen LogP contribution in [0, 0.1) is 24.7 Å². The molecular formula is C17H24N2O2. The molecule has 4 nitrogen and oxygen atoms in total. The predicted molar refractivity (Wildman–Crippen MR) is 81.7 cm³/mol. The molecule has 114 valence electrons. The second-order valence-corrected chi connectivity index (χ2v) is 6.52. The lowest BCUT2D eigenvalue weighted by molar-refractivity contribution is 0.144. The first kappa shape index (κ1) is 14.4. The van der Waals surface area contributed by atoms with Gasteiger partial charge in [-0.15, -0.1) is 0 Å². The van der Waals surface area contributed by atoms with Crippen LogP contribution in [0.5, 0.6) is 0 Å². The summed E-state index contributed by atoms with van der Waals surface area (Å²) < 4.78 is 0. The van der Waals surface area contributed by atoms with E-state index in [1.165, 1.54) is 18.4 Å². The van der Waals surface area contributed by atoms with Crippen LogP contribution in [0.15, 0.2) is 24.3 Å². The Morgan fingerprint density at radius 2 is 1.95 bits per heavy atom. The molecular weight excluding hydrogens is 264 g/mol. The molecule has 4 unspecified atom stereocenters. The lowest BCUT2D eigenvalue weighted by Crippen LogP contribution is -2.48. The molecule has 2 bridgehead atoms. The topological polar surface area (TPSA) is 61.4 Å². The molecule has 2 aliphatic carbocycles. The van der Waals surface area contributed by atoms with Crippen molar-refractivity contribution in [2.45, 2.75) is 38.8 Å². The summed E-state index contributed by atoms with van der Waals surface area (Å²) >= 11 is 0. The third-order valence-corrected chi connectivity index (χ3v) is 5.17. The summed E-state index contributed by atoms with van der Waals surface area (Å²) in [5.74, 6) is 1.40. The molecule has 0 aromatic heterocycles. The van der Waals surface area contributed by atoms with Gasteiger partial charge in [-0.1, -0.05) is 29.8 Å². The average Bonchev–Trinajstić information content (AvgIpc) is 3.07. The SMILES string of the molecule is Cc1ccc(CNC(=O)NC2C3CCC(C3)C2CO)cc1. The molecule has 0 radical (unpaired) electrons. The minimum Gasteiger partial charge on any atom is -0.396 e. The minimum atomic E-state index is -0.119. The van der Waals surface area contributed by atoms with Gasteiger partial charge < -0.3 is 15.7 Å². The molecule has 0 saturated heterocycles. The molecule has 2 aliphatic rings. The second-order valence-electron chi connectivity index (χ2n) is 6.52. The van der Waals surface area contributed by atoms with E-state index in [2.05, 4.69) is 10.6 Å². The van der Waals surface area contributed by atoms with Gasteiger partial charge >= 0.3 is 6.03 Å². The smallest absolute Gasteiger partial charge is 0.315 e. The maximum Gasteiger partial charge on any atom is 0.315 e. The van der Waals surface area contributed by atoms with E-state index >= 15 is 0 Å². The molecule has 2 fully saturated rings. The fourth-order valence-electron chi connectivity index (χ4n) is 3.99. The average molecular weight is 288 g/mol. The standard InChI is InChI=1S/C17H24N2O2/c1-11-2-4-12(5-3-11)9-18-17(21)19-16-14-7-6-13(8-14)15(16)10-20/h2-5,13-16,20H,6-10H2,1H3,(H2,18,19,21). The Morgan fingerprint density at radius 1 is 1.24 bits per heavy atom. The zero-order chi connectivity index (χ0) is 14.8.